The number of hydrogen-bond acceptors (Lipinski definition) is 4. The molecule has 30 heavy (non-hydrogen) atoms. The number of carbonyl (C=O) groups excluding carboxylic acids is 1. The number of nitrogens with one attached hydrogen (secondary N) is 1. The minimum absolute atomic E-state index is 0.0933. The van der Waals surface area contributed by atoms with Gasteiger partial charge in [0, 0.05) is 20.9 Å². The van der Waals surface area contributed by atoms with Gasteiger partial charge in [0.15, 0.2) is 0 Å². The first kappa shape index (κ1) is 18.2. The van der Waals surface area contributed by atoms with E-state index in [1.54, 1.807) is 0 Å². The molecule has 0 unspecified atom stereocenters. The van der Waals surface area contributed by atoms with Crippen LogP contribution < -0.4 is 10.1 Å². The Bertz CT molecular complexity index is 1240. The zero-order chi connectivity index (χ0) is 20.5. The van der Waals surface area contributed by atoms with Crippen molar-refractivity contribution >= 4 is 49.2 Å². The number of ether oxygens (including phenoxy) is 1. The average Bonchev–Trinajstić information content (AvgIpc) is 3.30. The minimum atomic E-state index is -1.34. The summed E-state index contributed by atoms with van der Waals surface area (Å²) in [6, 6.07) is 21.6. The quantitative estimate of drug-likeness (QED) is 0.453. The fraction of sp³-hybridized carbons (Fsp3) is 0.130. The number of anilines is 1. The molecule has 1 N–H and O–H groups in total. The lowest BCUT2D eigenvalue weighted by Crippen LogP contribution is -2.55. The Kier molecular flexibility index (Phi) is 3.89. The molecule has 0 aromatic heterocycles. The highest BCUT2D eigenvalue weighted by atomic mass is 79.9. The third-order valence-corrected chi connectivity index (χ3v) is 6.87. The van der Waals surface area contributed by atoms with E-state index in [1.807, 2.05) is 65.7 Å². The number of amides is 1. The van der Waals surface area contributed by atoms with Crippen LogP contribution in [-0.2, 0) is 10.5 Å². The van der Waals surface area contributed by atoms with Gasteiger partial charge in [-0.05, 0) is 42.0 Å². The van der Waals surface area contributed by atoms with Crippen LogP contribution in [0.25, 0.3) is 0 Å². The molecule has 3 aromatic rings. The van der Waals surface area contributed by atoms with E-state index >= 15 is 0 Å². The van der Waals surface area contributed by atoms with Gasteiger partial charge in [-0.1, -0.05) is 62.2 Å². The van der Waals surface area contributed by atoms with Crippen LogP contribution in [0.5, 0.6) is 5.75 Å². The molecule has 2 atom stereocenters. The van der Waals surface area contributed by atoms with Crippen LogP contribution >= 0.6 is 31.9 Å². The van der Waals surface area contributed by atoms with Gasteiger partial charge in [-0.15, -0.1) is 0 Å². The lowest BCUT2D eigenvalue weighted by atomic mass is 9.92. The van der Waals surface area contributed by atoms with Crippen LogP contribution in [0, 0.1) is 0 Å². The molecule has 1 amide bonds. The second-order valence-electron chi connectivity index (χ2n) is 7.55. The first-order valence-electron chi connectivity index (χ1n) is 9.58. The number of nitrogens with zero attached hydrogens (tertiary/aromatic N) is 2. The van der Waals surface area contributed by atoms with E-state index in [-0.39, 0.29) is 11.9 Å². The number of benzene rings is 3. The molecular weight excluding hydrogens is 510 g/mol. The molecule has 3 heterocycles. The van der Waals surface area contributed by atoms with Gasteiger partial charge in [0.25, 0.3) is 5.91 Å². The molecule has 3 aliphatic heterocycles. The molecule has 3 aliphatic rings. The van der Waals surface area contributed by atoms with Crippen molar-refractivity contribution in [3.8, 4) is 5.75 Å². The maximum absolute atomic E-state index is 13.4. The number of hydrogen-bond donors (Lipinski definition) is 1. The zero-order valence-electron chi connectivity index (χ0n) is 15.6. The molecule has 0 fully saturated rings. The van der Waals surface area contributed by atoms with Gasteiger partial charge < -0.3 is 10.1 Å². The Morgan fingerprint density at radius 1 is 1.03 bits per heavy atom. The van der Waals surface area contributed by atoms with E-state index in [2.05, 4.69) is 43.2 Å². The summed E-state index contributed by atoms with van der Waals surface area (Å²) in [4.78, 5) is 13.4. The van der Waals surface area contributed by atoms with Crippen LogP contribution in [0.2, 0.25) is 0 Å². The molecule has 0 saturated heterocycles. The number of carbonyl (C=O) groups is 1. The summed E-state index contributed by atoms with van der Waals surface area (Å²) < 4.78 is 8.37. The lowest BCUT2D eigenvalue weighted by molar-refractivity contribution is -0.161. The van der Waals surface area contributed by atoms with E-state index in [0.29, 0.717) is 12.2 Å². The van der Waals surface area contributed by atoms with Crippen molar-refractivity contribution in [1.82, 2.24) is 5.01 Å². The van der Waals surface area contributed by atoms with Crippen LogP contribution in [0.1, 0.15) is 29.2 Å². The predicted octanol–water partition coefficient (Wildman–Crippen LogP) is 5.56. The molecule has 1 spiro atoms. The van der Waals surface area contributed by atoms with Gasteiger partial charge in [-0.3, -0.25) is 4.79 Å². The topological polar surface area (TPSA) is 53.9 Å². The molecule has 3 aromatic carbocycles. The summed E-state index contributed by atoms with van der Waals surface area (Å²) in [7, 11) is 0. The Hall–Kier alpha value is -2.64. The smallest absolute Gasteiger partial charge is 0.306 e. The number of hydrazone groups is 1. The predicted molar refractivity (Wildman–Crippen MR) is 121 cm³/mol. The number of para-hydroxylation sites is 1. The third-order valence-electron chi connectivity index (χ3n) is 5.85. The van der Waals surface area contributed by atoms with E-state index in [1.165, 1.54) is 0 Å². The minimum Gasteiger partial charge on any atom is -0.453 e. The normalized spacial score (nSPS) is 23.4. The fourth-order valence-electron chi connectivity index (χ4n) is 4.48. The highest BCUT2D eigenvalue weighted by molar-refractivity contribution is 9.10. The van der Waals surface area contributed by atoms with Crippen molar-refractivity contribution in [3.05, 3.63) is 92.4 Å². The maximum atomic E-state index is 13.4. The summed E-state index contributed by atoms with van der Waals surface area (Å²) >= 11 is 7.03. The second kappa shape index (κ2) is 6.43. The fourth-order valence-corrected chi connectivity index (χ4v) is 5.10. The van der Waals surface area contributed by atoms with Gasteiger partial charge in [0.1, 0.15) is 5.75 Å². The first-order chi connectivity index (χ1) is 14.6. The molecule has 148 valence electrons. The van der Waals surface area contributed by atoms with E-state index in [4.69, 9.17) is 9.84 Å². The Labute approximate surface area is 190 Å². The van der Waals surface area contributed by atoms with Crippen LogP contribution in [0.15, 0.2) is 80.8 Å². The number of halogens is 2. The Balaban J connectivity index is 1.57. The summed E-state index contributed by atoms with van der Waals surface area (Å²) in [6.07, 6.45) is 0.695. The standard InChI is InChI=1S/C23H15Br2N3O2/c24-14-7-5-13(6-8-14)19-12-20-16-3-1-2-4-21(16)30-23(28(20)27-19)17-11-15(25)9-10-18(17)26-22(23)29/h1-11,20H,12H2,(H,26,29)/t20-,23-/m1/s1. The molecule has 0 saturated carbocycles. The monoisotopic (exact) mass is 523 g/mol. The number of fused-ring (bicyclic) bond motifs is 6. The van der Waals surface area contributed by atoms with Crippen LogP contribution in [0.3, 0.4) is 0 Å². The lowest BCUT2D eigenvalue weighted by Gasteiger charge is -2.44. The molecule has 5 nitrogen and oxygen atoms in total. The Morgan fingerprint density at radius 2 is 1.80 bits per heavy atom. The summed E-state index contributed by atoms with van der Waals surface area (Å²) in [6.45, 7) is 0. The van der Waals surface area contributed by atoms with Crippen molar-refractivity contribution in [3.63, 3.8) is 0 Å². The molecule has 6 rings (SSSR count). The average molecular weight is 525 g/mol. The van der Waals surface area contributed by atoms with Gasteiger partial charge in [0.2, 0.25) is 0 Å². The largest absolute Gasteiger partial charge is 0.453 e. The highest BCUT2D eigenvalue weighted by Crippen LogP contribution is 2.54. The zero-order valence-corrected chi connectivity index (χ0v) is 18.8. The summed E-state index contributed by atoms with van der Waals surface area (Å²) in [5, 5.41) is 9.79. The van der Waals surface area contributed by atoms with E-state index < -0.39 is 5.72 Å². The van der Waals surface area contributed by atoms with Gasteiger partial charge in [0.05, 0.1) is 23.0 Å². The summed E-state index contributed by atoms with van der Waals surface area (Å²) in [5.74, 6) is 0.491. The van der Waals surface area contributed by atoms with Crippen LogP contribution in [-0.4, -0.2) is 16.6 Å². The van der Waals surface area contributed by atoms with Crippen LogP contribution in [0.4, 0.5) is 5.69 Å². The molecule has 0 aliphatic carbocycles. The van der Waals surface area contributed by atoms with Crippen molar-refractivity contribution in [2.24, 2.45) is 5.10 Å². The van der Waals surface area contributed by atoms with Crippen molar-refractivity contribution in [2.75, 3.05) is 5.32 Å². The molecule has 0 radical (unpaired) electrons. The third kappa shape index (κ3) is 2.45. The molecule has 0 bridgehead atoms. The first-order valence-corrected chi connectivity index (χ1v) is 11.2. The van der Waals surface area contributed by atoms with Crippen molar-refractivity contribution < 1.29 is 9.53 Å². The molecular formula is C23H15Br2N3O2. The van der Waals surface area contributed by atoms with Gasteiger partial charge in [-0.2, -0.15) is 5.10 Å². The SMILES string of the molecule is O=C1Nc2ccc(Br)cc2[C@@]12Oc1ccccc1[C@H]1CC(c3ccc(Br)cc3)=NN12. The van der Waals surface area contributed by atoms with E-state index in [9.17, 15) is 4.79 Å². The van der Waals surface area contributed by atoms with Crippen molar-refractivity contribution in [2.45, 2.75) is 18.2 Å². The second-order valence-corrected chi connectivity index (χ2v) is 9.38. The van der Waals surface area contributed by atoms with Crippen molar-refractivity contribution in [1.29, 1.82) is 0 Å². The summed E-state index contributed by atoms with van der Waals surface area (Å²) in [5.41, 5.74) is 3.18. The molecule has 7 heteroatoms. The van der Waals surface area contributed by atoms with E-state index in [0.717, 1.165) is 37.0 Å². The maximum Gasteiger partial charge on any atom is 0.306 e. The van der Waals surface area contributed by atoms with Gasteiger partial charge >= 0.3 is 5.72 Å². The number of rotatable bonds is 1. The Morgan fingerprint density at radius 3 is 2.63 bits per heavy atom. The van der Waals surface area contributed by atoms with Gasteiger partial charge in [-0.25, -0.2) is 5.01 Å². The highest BCUT2D eigenvalue weighted by Gasteiger charge is 2.60.